The fourth-order valence-corrected chi connectivity index (χ4v) is 0. The topological polar surface area (TPSA) is 93.8 Å². The number of rotatable bonds is 0. The predicted molar refractivity (Wildman–Crippen MR) is 34.1 cm³/mol. The van der Waals surface area contributed by atoms with E-state index in [9.17, 15) is 0 Å². The maximum Gasteiger partial charge on any atom is 0.0701 e. The Bertz CT molecular complexity index is 16.8. The summed E-state index contributed by atoms with van der Waals surface area (Å²) in [7, 11) is 2.50. The number of aliphatic hydroxyl groups is 1. The molecule has 0 bridgehead atoms. The lowest BCUT2D eigenvalue weighted by Crippen LogP contribution is -1.69. The Kier molecular flexibility index (Phi) is 56.6. The normalized spacial score (nSPS) is 10.5. The lowest BCUT2D eigenvalue weighted by molar-refractivity contribution is 0.399. The molecule has 0 radical (unpaired) electrons. The first kappa shape index (κ1) is 15.7. The molecule has 0 spiro atoms. The van der Waals surface area contributed by atoms with Crippen LogP contribution < -0.4 is 11.9 Å². The maximum atomic E-state index is 7.00. The quantitative estimate of drug-likeness (QED) is 0.374. The van der Waals surface area contributed by atoms with Crippen molar-refractivity contribution in [3.05, 3.63) is 0 Å². The van der Waals surface area contributed by atoms with Gasteiger partial charge in [0.2, 0.25) is 0 Å². The van der Waals surface area contributed by atoms with E-state index in [1.165, 1.54) is 7.05 Å². The minimum absolute atomic E-state index is 0. The number of hydrogen-bond donors (Lipinski definition) is 3. The molecule has 6 N–H and O–H groups in total. The maximum absolute atomic E-state index is 7.00. The summed E-state index contributed by atoms with van der Waals surface area (Å²) in [5, 5.41) is 7.00. The molecule has 4 nitrogen and oxygen atoms in total. The second-order valence-corrected chi connectivity index (χ2v) is 0.612. The van der Waals surface area contributed by atoms with Gasteiger partial charge in [0.05, 0.1) is 13.2 Å². The third-order valence-electron chi connectivity index (χ3n) is 0.204. The molecule has 0 atom stereocenters. The van der Waals surface area contributed by atoms with Crippen LogP contribution in [0, 0.1) is 0 Å². The van der Waals surface area contributed by atoms with Crippen LogP contribution in [-0.2, 0) is 4.74 Å². The van der Waals surface area contributed by atoms with Crippen molar-refractivity contribution >= 4 is 0 Å². The summed E-state index contributed by atoms with van der Waals surface area (Å²) in [6.07, 6.45) is 0. The highest BCUT2D eigenvalue weighted by molar-refractivity contribution is 4.36. The van der Waals surface area contributed by atoms with Crippen molar-refractivity contribution in [2.24, 2.45) is 5.73 Å². The highest BCUT2D eigenvalue weighted by atomic mass is 16.6. The molecule has 1 aliphatic heterocycles. The molecule has 1 rings (SSSR count). The molecule has 1 saturated heterocycles. The van der Waals surface area contributed by atoms with Crippen molar-refractivity contribution < 1.29 is 9.84 Å². The largest absolute Gasteiger partial charge is 0.400 e. The third-order valence-corrected chi connectivity index (χ3v) is 0.204. The molecule has 1 aliphatic rings. The molecule has 0 aliphatic carbocycles. The van der Waals surface area contributed by atoms with Gasteiger partial charge < -0.3 is 21.7 Å². The highest BCUT2D eigenvalue weighted by Gasteiger charge is 1.94. The van der Waals surface area contributed by atoms with E-state index in [0.29, 0.717) is 0 Å². The van der Waals surface area contributed by atoms with Crippen LogP contribution in [0.15, 0.2) is 0 Å². The molecule has 0 aromatic rings. The minimum Gasteiger partial charge on any atom is -0.400 e. The number of hydrogen-bond acceptors (Lipinski definition) is 4. The van der Waals surface area contributed by atoms with Gasteiger partial charge in [-0.1, -0.05) is 0 Å². The van der Waals surface area contributed by atoms with E-state index < -0.39 is 0 Å². The Morgan fingerprint density at radius 3 is 1.38 bits per heavy atom. The van der Waals surface area contributed by atoms with E-state index in [2.05, 4.69) is 10.5 Å². The second-order valence-electron chi connectivity index (χ2n) is 0.612. The van der Waals surface area contributed by atoms with Crippen LogP contribution in [-0.4, -0.2) is 32.5 Å². The SMILES string of the molecule is C1CO1.CN.CO.N. The Labute approximate surface area is 50.2 Å². The van der Waals surface area contributed by atoms with Gasteiger partial charge in [0, 0.05) is 7.11 Å². The summed E-state index contributed by atoms with van der Waals surface area (Å²) < 4.78 is 4.50. The smallest absolute Gasteiger partial charge is 0.0701 e. The molecule has 1 heterocycles. The van der Waals surface area contributed by atoms with Crippen molar-refractivity contribution in [3.63, 3.8) is 0 Å². The molecule has 0 saturated carbocycles. The molecule has 0 aromatic carbocycles. The fourth-order valence-electron chi connectivity index (χ4n) is 0. The zero-order valence-electron chi connectivity index (χ0n) is 5.55. The van der Waals surface area contributed by atoms with Gasteiger partial charge in [0.1, 0.15) is 0 Å². The van der Waals surface area contributed by atoms with Gasteiger partial charge in [0.25, 0.3) is 0 Å². The number of aliphatic hydroxyl groups excluding tert-OH is 1. The molecular formula is C4H16N2O2. The first-order valence-corrected chi connectivity index (χ1v) is 2.10. The average Bonchev–Trinajstić information content (AvgIpc) is 2.58. The van der Waals surface area contributed by atoms with E-state index in [1.54, 1.807) is 0 Å². The summed E-state index contributed by atoms with van der Waals surface area (Å²) >= 11 is 0. The van der Waals surface area contributed by atoms with Gasteiger partial charge in [0.15, 0.2) is 0 Å². The summed E-state index contributed by atoms with van der Waals surface area (Å²) in [5.74, 6) is 0. The number of ether oxygens (including phenoxy) is 1. The van der Waals surface area contributed by atoms with Crippen LogP contribution in [0.4, 0.5) is 0 Å². The van der Waals surface area contributed by atoms with Crippen LogP contribution in [0.3, 0.4) is 0 Å². The summed E-state index contributed by atoms with van der Waals surface area (Å²) in [6, 6.07) is 0. The van der Waals surface area contributed by atoms with Crippen LogP contribution in [0.25, 0.3) is 0 Å². The van der Waals surface area contributed by atoms with Crippen LogP contribution in [0.5, 0.6) is 0 Å². The van der Waals surface area contributed by atoms with E-state index in [1.807, 2.05) is 0 Å². The molecule has 1 fully saturated rings. The molecule has 54 valence electrons. The van der Waals surface area contributed by atoms with Crippen molar-refractivity contribution in [3.8, 4) is 0 Å². The van der Waals surface area contributed by atoms with Gasteiger partial charge in [-0.25, -0.2) is 0 Å². The number of nitrogens with two attached hydrogens (primary N) is 1. The van der Waals surface area contributed by atoms with Crippen LogP contribution in [0.2, 0.25) is 0 Å². The highest BCUT2D eigenvalue weighted by Crippen LogP contribution is 1.84. The second kappa shape index (κ2) is 28.9. The molecule has 0 unspecified atom stereocenters. The Balaban J connectivity index is -0.0000000467. The third kappa shape index (κ3) is 194. The van der Waals surface area contributed by atoms with E-state index in [0.717, 1.165) is 20.3 Å². The Morgan fingerprint density at radius 2 is 1.38 bits per heavy atom. The average molecular weight is 124 g/mol. The first-order valence-electron chi connectivity index (χ1n) is 2.10. The van der Waals surface area contributed by atoms with Crippen molar-refractivity contribution in [2.75, 3.05) is 27.4 Å². The molecular weight excluding hydrogens is 108 g/mol. The van der Waals surface area contributed by atoms with Crippen molar-refractivity contribution in [1.82, 2.24) is 6.15 Å². The molecule has 8 heavy (non-hydrogen) atoms. The lowest BCUT2D eigenvalue weighted by atomic mass is 11.0. The summed E-state index contributed by atoms with van der Waals surface area (Å²) in [6.45, 7) is 2.00. The summed E-state index contributed by atoms with van der Waals surface area (Å²) in [5.41, 5.74) is 4.50. The predicted octanol–water partition coefficient (Wildman–Crippen LogP) is -0.638. The zero-order chi connectivity index (χ0) is 6.12. The van der Waals surface area contributed by atoms with Gasteiger partial charge in [-0.2, -0.15) is 0 Å². The fraction of sp³-hybridized carbons (Fsp3) is 1.00. The Hall–Kier alpha value is -0.160. The van der Waals surface area contributed by atoms with Crippen LogP contribution in [0.1, 0.15) is 0 Å². The van der Waals surface area contributed by atoms with E-state index >= 15 is 0 Å². The first-order chi connectivity index (χ1) is 3.50. The van der Waals surface area contributed by atoms with Crippen molar-refractivity contribution in [2.45, 2.75) is 0 Å². The van der Waals surface area contributed by atoms with Crippen molar-refractivity contribution in [1.29, 1.82) is 0 Å². The summed E-state index contributed by atoms with van der Waals surface area (Å²) in [4.78, 5) is 0. The molecule has 0 amide bonds. The lowest BCUT2D eigenvalue weighted by Gasteiger charge is -1.24. The standard InChI is InChI=1S/C2H4O.CH5N.CH4O.H3N/c1-2-3-1;2*1-2;/h1-2H2;2H2,1H3;2H,1H3;1H3. The molecule has 4 heteroatoms. The monoisotopic (exact) mass is 124 g/mol. The van der Waals surface area contributed by atoms with Gasteiger partial charge in [-0.05, 0) is 7.05 Å². The molecule has 0 aromatic heterocycles. The van der Waals surface area contributed by atoms with Gasteiger partial charge >= 0.3 is 0 Å². The van der Waals surface area contributed by atoms with Crippen LogP contribution >= 0.6 is 0 Å². The number of epoxide rings is 1. The van der Waals surface area contributed by atoms with Gasteiger partial charge in [-0.3, -0.25) is 0 Å². The zero-order valence-corrected chi connectivity index (χ0v) is 5.55. The van der Waals surface area contributed by atoms with E-state index in [4.69, 9.17) is 5.11 Å². The Morgan fingerprint density at radius 1 is 1.25 bits per heavy atom. The minimum atomic E-state index is 0. The van der Waals surface area contributed by atoms with E-state index in [-0.39, 0.29) is 6.15 Å². The van der Waals surface area contributed by atoms with Gasteiger partial charge in [-0.15, -0.1) is 0 Å².